The average Bonchev–Trinajstić information content (AvgIpc) is 2.87. The lowest BCUT2D eigenvalue weighted by molar-refractivity contribution is 0.959. The molecule has 0 unspecified atom stereocenters. The van der Waals surface area contributed by atoms with Gasteiger partial charge in [-0.25, -0.2) is 9.50 Å². The highest BCUT2D eigenvalue weighted by Gasteiger charge is 2.08. The maximum absolute atomic E-state index is 5.54. The Morgan fingerprint density at radius 1 is 1.29 bits per heavy atom. The molecule has 0 aliphatic rings. The minimum atomic E-state index is 0.454. The van der Waals surface area contributed by atoms with Gasteiger partial charge in [-0.1, -0.05) is 41.2 Å². The lowest BCUT2D eigenvalue weighted by atomic mass is 10.2. The van der Waals surface area contributed by atoms with Gasteiger partial charge < -0.3 is 5.73 Å². The van der Waals surface area contributed by atoms with E-state index in [1.54, 1.807) is 15.9 Å². The van der Waals surface area contributed by atoms with Crippen molar-refractivity contribution in [2.75, 3.05) is 0 Å². The van der Waals surface area contributed by atoms with E-state index in [4.69, 9.17) is 5.73 Å². The first-order valence-electron chi connectivity index (χ1n) is 5.38. The Hall–Kier alpha value is -1.72. The number of fused-ring (bicyclic) bond motifs is 1. The van der Waals surface area contributed by atoms with Crippen molar-refractivity contribution in [3.8, 4) is 10.6 Å². The molecule has 2 heterocycles. The van der Waals surface area contributed by atoms with Crippen molar-refractivity contribution in [1.82, 2.24) is 14.6 Å². The van der Waals surface area contributed by atoms with Gasteiger partial charge in [-0.2, -0.15) is 5.10 Å². The summed E-state index contributed by atoms with van der Waals surface area (Å²) in [6.07, 6.45) is 1.88. The Labute approximate surface area is 103 Å². The molecule has 0 radical (unpaired) electrons. The molecular weight excluding hydrogens is 232 g/mol. The van der Waals surface area contributed by atoms with Crippen LogP contribution < -0.4 is 5.73 Å². The molecule has 0 aliphatic carbocycles. The molecule has 2 aromatic heterocycles. The fourth-order valence-electron chi connectivity index (χ4n) is 1.66. The van der Waals surface area contributed by atoms with Gasteiger partial charge in [0.15, 0.2) is 0 Å². The summed E-state index contributed by atoms with van der Waals surface area (Å²) < 4.78 is 1.79. The predicted molar refractivity (Wildman–Crippen MR) is 68.9 cm³/mol. The summed E-state index contributed by atoms with van der Waals surface area (Å²) in [6, 6.07) is 8.34. The van der Waals surface area contributed by atoms with Crippen LogP contribution in [0.5, 0.6) is 0 Å². The van der Waals surface area contributed by atoms with Crippen LogP contribution in [0.15, 0.2) is 30.5 Å². The molecule has 2 N–H and O–H groups in total. The highest BCUT2D eigenvalue weighted by molar-refractivity contribution is 7.19. The number of benzene rings is 1. The smallest absolute Gasteiger partial charge is 0.212 e. The van der Waals surface area contributed by atoms with E-state index in [2.05, 4.69) is 41.3 Å². The van der Waals surface area contributed by atoms with Gasteiger partial charge in [-0.05, 0) is 6.92 Å². The number of hydrogen-bond acceptors (Lipinski definition) is 4. The zero-order valence-electron chi connectivity index (χ0n) is 9.42. The molecule has 17 heavy (non-hydrogen) atoms. The van der Waals surface area contributed by atoms with Gasteiger partial charge in [0, 0.05) is 12.1 Å². The van der Waals surface area contributed by atoms with Crippen LogP contribution in [0.25, 0.3) is 15.5 Å². The standard InChI is InChI=1S/C12H12N4S/c1-8-2-4-9(5-3-8)11-15-16-7-10(6-13)14-12(16)17-11/h2-5,7H,6,13H2,1H3. The number of nitrogens with two attached hydrogens (primary N) is 1. The van der Waals surface area contributed by atoms with Crippen LogP contribution in [0.3, 0.4) is 0 Å². The van der Waals surface area contributed by atoms with Gasteiger partial charge in [-0.3, -0.25) is 0 Å². The van der Waals surface area contributed by atoms with Crippen LogP contribution in [0, 0.1) is 6.92 Å². The monoisotopic (exact) mass is 244 g/mol. The zero-order chi connectivity index (χ0) is 11.8. The van der Waals surface area contributed by atoms with E-state index in [1.165, 1.54) is 5.56 Å². The predicted octanol–water partition coefficient (Wildman–Crippen LogP) is 2.22. The fraction of sp³-hybridized carbons (Fsp3) is 0.167. The van der Waals surface area contributed by atoms with Crippen LogP contribution in [-0.4, -0.2) is 14.6 Å². The van der Waals surface area contributed by atoms with Crippen LogP contribution >= 0.6 is 11.3 Å². The normalized spacial score (nSPS) is 11.2. The van der Waals surface area contributed by atoms with Crippen LogP contribution in [0.2, 0.25) is 0 Å². The second kappa shape index (κ2) is 3.94. The number of nitrogens with zero attached hydrogens (tertiary/aromatic N) is 3. The molecule has 0 bridgehead atoms. The molecule has 1 aromatic carbocycles. The molecule has 0 spiro atoms. The van der Waals surface area contributed by atoms with E-state index in [0.717, 1.165) is 21.2 Å². The second-order valence-electron chi connectivity index (χ2n) is 3.94. The Morgan fingerprint density at radius 3 is 2.71 bits per heavy atom. The molecule has 5 heteroatoms. The van der Waals surface area contributed by atoms with Crippen molar-refractivity contribution in [2.24, 2.45) is 5.73 Å². The van der Waals surface area contributed by atoms with Gasteiger partial charge in [0.1, 0.15) is 5.01 Å². The Bertz CT molecular complexity index is 619. The molecule has 0 amide bonds. The third kappa shape index (κ3) is 1.83. The molecule has 0 aliphatic heterocycles. The quantitative estimate of drug-likeness (QED) is 0.752. The minimum Gasteiger partial charge on any atom is -0.325 e. The fourth-order valence-corrected chi connectivity index (χ4v) is 2.56. The second-order valence-corrected chi connectivity index (χ2v) is 4.89. The average molecular weight is 244 g/mol. The first-order valence-corrected chi connectivity index (χ1v) is 6.20. The molecular formula is C12H12N4S. The van der Waals surface area contributed by atoms with Crippen molar-refractivity contribution in [1.29, 1.82) is 0 Å². The van der Waals surface area contributed by atoms with Crippen molar-refractivity contribution in [3.05, 3.63) is 41.7 Å². The molecule has 0 saturated carbocycles. The lowest BCUT2D eigenvalue weighted by Gasteiger charge is -1.95. The van der Waals surface area contributed by atoms with Crippen molar-refractivity contribution >= 4 is 16.3 Å². The van der Waals surface area contributed by atoms with Gasteiger partial charge in [0.05, 0.1) is 11.9 Å². The van der Waals surface area contributed by atoms with Gasteiger partial charge in [0.25, 0.3) is 0 Å². The summed E-state index contributed by atoms with van der Waals surface area (Å²) in [5.74, 6) is 0. The Morgan fingerprint density at radius 2 is 2.06 bits per heavy atom. The first-order chi connectivity index (χ1) is 8.26. The number of rotatable bonds is 2. The lowest BCUT2D eigenvalue weighted by Crippen LogP contribution is -1.95. The van der Waals surface area contributed by atoms with E-state index in [1.807, 2.05) is 6.20 Å². The summed E-state index contributed by atoms with van der Waals surface area (Å²) >= 11 is 1.58. The number of hydrogen-bond donors (Lipinski definition) is 1. The van der Waals surface area contributed by atoms with Crippen molar-refractivity contribution < 1.29 is 0 Å². The summed E-state index contributed by atoms with van der Waals surface area (Å²) in [7, 11) is 0. The van der Waals surface area contributed by atoms with Crippen LogP contribution in [-0.2, 0) is 6.54 Å². The topological polar surface area (TPSA) is 56.2 Å². The number of imidazole rings is 1. The largest absolute Gasteiger partial charge is 0.325 e. The number of aromatic nitrogens is 3. The van der Waals surface area contributed by atoms with Crippen LogP contribution in [0.1, 0.15) is 11.3 Å². The molecule has 0 saturated heterocycles. The summed E-state index contributed by atoms with van der Waals surface area (Å²) in [4.78, 5) is 5.28. The van der Waals surface area contributed by atoms with E-state index < -0.39 is 0 Å². The van der Waals surface area contributed by atoms with E-state index >= 15 is 0 Å². The molecule has 3 rings (SSSR count). The highest BCUT2D eigenvalue weighted by atomic mass is 32.1. The molecule has 0 fully saturated rings. The molecule has 4 nitrogen and oxygen atoms in total. The third-order valence-corrected chi connectivity index (χ3v) is 3.57. The zero-order valence-corrected chi connectivity index (χ0v) is 10.2. The number of aryl methyl sites for hydroxylation is 1. The molecule has 3 aromatic rings. The summed E-state index contributed by atoms with van der Waals surface area (Å²) in [5.41, 5.74) is 8.79. The van der Waals surface area contributed by atoms with Gasteiger partial charge >= 0.3 is 0 Å². The SMILES string of the molecule is Cc1ccc(-c2nn3cc(CN)nc3s2)cc1. The molecule has 86 valence electrons. The van der Waals surface area contributed by atoms with E-state index in [0.29, 0.717) is 6.54 Å². The van der Waals surface area contributed by atoms with E-state index in [9.17, 15) is 0 Å². The highest BCUT2D eigenvalue weighted by Crippen LogP contribution is 2.25. The van der Waals surface area contributed by atoms with Crippen molar-refractivity contribution in [2.45, 2.75) is 13.5 Å². The Balaban J connectivity index is 2.06. The van der Waals surface area contributed by atoms with Gasteiger partial charge in [-0.15, -0.1) is 0 Å². The minimum absolute atomic E-state index is 0.454. The Kier molecular flexibility index (Phi) is 2.42. The van der Waals surface area contributed by atoms with Crippen LogP contribution in [0.4, 0.5) is 0 Å². The maximum Gasteiger partial charge on any atom is 0.212 e. The summed E-state index contributed by atoms with van der Waals surface area (Å²) in [5, 5.41) is 5.48. The third-order valence-electron chi connectivity index (χ3n) is 2.60. The first kappa shape index (κ1) is 10.4. The van der Waals surface area contributed by atoms with Crippen molar-refractivity contribution in [3.63, 3.8) is 0 Å². The van der Waals surface area contributed by atoms with E-state index in [-0.39, 0.29) is 0 Å². The summed E-state index contributed by atoms with van der Waals surface area (Å²) in [6.45, 7) is 2.53. The van der Waals surface area contributed by atoms with Gasteiger partial charge in [0.2, 0.25) is 4.96 Å². The maximum atomic E-state index is 5.54. The molecule has 0 atom stereocenters.